The van der Waals surface area contributed by atoms with Gasteiger partial charge < -0.3 is 0 Å². The van der Waals surface area contributed by atoms with Gasteiger partial charge in [0.05, 0.1) is 0 Å². The Morgan fingerprint density at radius 3 is 2.06 bits per heavy atom. The number of thiophene rings is 1. The summed E-state index contributed by atoms with van der Waals surface area (Å²) in [5, 5.41) is 5.12. The normalized spacial score (nSPS) is 13.2. The van der Waals surface area contributed by atoms with Crippen LogP contribution in [0.5, 0.6) is 0 Å². The second-order valence-corrected chi connectivity index (χ2v) is 16.7. The van der Waals surface area contributed by atoms with Gasteiger partial charge in [-0.15, -0.1) is 0 Å². The second-order valence-electron chi connectivity index (χ2n) is 12.5. The summed E-state index contributed by atoms with van der Waals surface area (Å²) < 4.78 is 10.6. The topological polar surface area (TPSA) is 22.9 Å². The molecule has 0 spiro atoms. The van der Waals surface area contributed by atoms with Gasteiger partial charge in [0.25, 0.3) is 0 Å². The Labute approximate surface area is 297 Å². The van der Waals surface area contributed by atoms with Crippen LogP contribution in [0.2, 0.25) is 0 Å². The second kappa shape index (κ2) is 10.7. The summed E-state index contributed by atoms with van der Waals surface area (Å²) >= 11 is 1.22. The molecule has 7 heteroatoms. The van der Waals surface area contributed by atoms with Crippen molar-refractivity contribution in [2.45, 2.75) is 0 Å². The van der Waals surface area contributed by atoms with Gasteiger partial charge >= 0.3 is 299 Å². The Bertz CT molecular complexity index is 2680. The predicted octanol–water partition coefficient (Wildman–Crippen LogP) is 11.0. The summed E-state index contributed by atoms with van der Waals surface area (Å²) in [4.78, 5) is 7.62. The Balaban J connectivity index is 1.21. The average molecular weight is 759 g/mol. The van der Waals surface area contributed by atoms with E-state index in [9.17, 15) is 0 Å². The van der Waals surface area contributed by atoms with Crippen molar-refractivity contribution in [3.63, 3.8) is 0 Å². The van der Waals surface area contributed by atoms with Crippen LogP contribution in [-0.4, -0.2) is 27.4 Å². The minimum atomic E-state index is -0.677. The molecule has 2 aliphatic rings. The molecule has 0 radical (unpaired) electrons. The van der Waals surface area contributed by atoms with E-state index in [0.717, 1.165) is 33.7 Å². The van der Waals surface area contributed by atoms with Crippen molar-refractivity contribution >= 4 is 111 Å². The molecule has 49 heavy (non-hydrogen) atoms. The van der Waals surface area contributed by atoms with E-state index >= 15 is 0 Å². The summed E-state index contributed by atoms with van der Waals surface area (Å²) in [6, 6.07) is 55.0. The number of para-hydroxylation sites is 3. The van der Waals surface area contributed by atoms with Crippen molar-refractivity contribution in [2.24, 2.45) is 0 Å². The number of anilines is 7. The van der Waals surface area contributed by atoms with Crippen LogP contribution in [0, 0.1) is 0 Å². The molecule has 0 atom stereocenters. The first-order valence-corrected chi connectivity index (χ1v) is 19.6. The molecule has 0 N–H and O–H groups in total. The van der Waals surface area contributed by atoms with Crippen LogP contribution < -0.4 is 18.0 Å². The third kappa shape index (κ3) is 3.98. The van der Waals surface area contributed by atoms with E-state index in [4.69, 9.17) is 4.42 Å². The van der Waals surface area contributed by atoms with Crippen LogP contribution in [-0.2, 0) is 0 Å². The number of nitrogens with zero attached hydrogens (tertiary/aromatic N) is 3. The molecule has 0 unspecified atom stereocenters. The molecule has 0 amide bonds. The summed E-state index contributed by atoms with van der Waals surface area (Å²) in [6.45, 7) is 0.0364. The van der Waals surface area contributed by atoms with Gasteiger partial charge in [0.2, 0.25) is 0 Å². The molecule has 2 aliphatic heterocycles. The molecule has 230 valence electrons. The Morgan fingerprint density at radius 2 is 1.27 bits per heavy atom. The average Bonchev–Trinajstić information content (AvgIpc) is 3.92. The zero-order valence-corrected chi connectivity index (χ0v) is 29.3. The van der Waals surface area contributed by atoms with Crippen LogP contribution >= 0.6 is 11.3 Å². The van der Waals surface area contributed by atoms with E-state index in [0.29, 0.717) is 0 Å². The molecule has 11 rings (SSSR count). The van der Waals surface area contributed by atoms with Crippen LogP contribution in [0.3, 0.4) is 0 Å². The van der Waals surface area contributed by atoms with E-state index in [1.807, 2.05) is 17.6 Å². The molecule has 0 fully saturated rings. The predicted molar refractivity (Wildman–Crippen MR) is 209 cm³/mol. The monoisotopic (exact) mass is 761 g/mol. The number of fused-ring (bicyclic) bond motifs is 13. The summed E-state index contributed by atoms with van der Waals surface area (Å²) in [6.07, 6.45) is 1.98. The van der Waals surface area contributed by atoms with Crippen molar-refractivity contribution in [1.82, 2.24) is 0 Å². The molecule has 0 saturated carbocycles. The van der Waals surface area contributed by atoms with Gasteiger partial charge in [-0.1, -0.05) is 0 Å². The minimum absolute atomic E-state index is 0.0364. The van der Waals surface area contributed by atoms with Crippen molar-refractivity contribution < 1.29 is 4.42 Å². The molecule has 3 aromatic heterocycles. The van der Waals surface area contributed by atoms with Crippen molar-refractivity contribution in [3.8, 4) is 11.1 Å². The first-order chi connectivity index (χ1) is 24.3. The third-order valence-electron chi connectivity index (χ3n) is 9.87. The van der Waals surface area contributed by atoms with Gasteiger partial charge in [-0.05, 0) is 0 Å². The molecule has 4 nitrogen and oxygen atoms in total. The van der Waals surface area contributed by atoms with Crippen molar-refractivity contribution in [2.75, 3.05) is 14.5 Å². The SMILES string of the molecule is c1ccc(N(c2ccccc2)c2ccc3c(c2)-c2c([te]c4ccccc24)B2N3c3sc4ccccc4c3N2c2coc3ccccc23)cc1. The van der Waals surface area contributed by atoms with Gasteiger partial charge in [-0.25, -0.2) is 0 Å². The van der Waals surface area contributed by atoms with E-state index in [2.05, 4.69) is 166 Å². The zero-order valence-electron chi connectivity index (χ0n) is 26.2. The molecule has 0 aliphatic carbocycles. The molecule has 0 saturated heterocycles. The quantitative estimate of drug-likeness (QED) is 0.167. The Hall–Kier alpha value is -5.19. The standard InChI is InChI=1S/C42H26BN3OSTe/c1-3-13-27(14-4-1)44(28-15-5-2-6-16-28)29-23-24-34-33(25-29)39-32-19-9-12-22-38(32)49-41(39)43-45(35-26-47-36-20-10-7-17-30(35)36)40-31-18-8-11-21-37(31)48-42(40)46(34)43/h1-26H. The maximum atomic E-state index is 6.25. The maximum absolute atomic E-state index is 6.25. The van der Waals surface area contributed by atoms with Gasteiger partial charge in [-0.2, -0.15) is 0 Å². The van der Waals surface area contributed by atoms with Crippen LogP contribution in [0.1, 0.15) is 0 Å². The first kappa shape index (κ1) is 27.7. The number of benzene rings is 6. The van der Waals surface area contributed by atoms with E-state index in [-0.39, 0.29) is 6.98 Å². The number of hydrogen-bond donors (Lipinski definition) is 0. The van der Waals surface area contributed by atoms with Gasteiger partial charge in [0.1, 0.15) is 0 Å². The van der Waals surface area contributed by atoms with Crippen LogP contribution in [0.25, 0.3) is 41.0 Å². The van der Waals surface area contributed by atoms with E-state index in [1.54, 1.807) is 3.48 Å². The number of hydrogen-bond acceptors (Lipinski definition) is 5. The van der Waals surface area contributed by atoms with E-state index < -0.39 is 20.4 Å². The molecule has 0 bridgehead atoms. The fraction of sp³-hybridized carbons (Fsp3) is 0. The summed E-state index contributed by atoms with van der Waals surface area (Å²) in [7, 11) is 0. The van der Waals surface area contributed by atoms with Crippen LogP contribution in [0.15, 0.2) is 162 Å². The fourth-order valence-corrected chi connectivity index (χ4v) is 12.8. The van der Waals surface area contributed by atoms with Crippen molar-refractivity contribution in [3.05, 3.63) is 158 Å². The molecule has 6 aromatic carbocycles. The Morgan fingerprint density at radius 1 is 0.592 bits per heavy atom. The van der Waals surface area contributed by atoms with Crippen LogP contribution in [0.4, 0.5) is 39.1 Å². The number of furan rings is 1. The summed E-state index contributed by atoms with van der Waals surface area (Å²) in [5.74, 6) is 0. The fourth-order valence-electron chi connectivity index (χ4n) is 7.84. The molecule has 9 aromatic rings. The van der Waals surface area contributed by atoms with Gasteiger partial charge in [0, 0.05) is 0 Å². The third-order valence-corrected chi connectivity index (χ3v) is 14.5. The molecular formula is C42H26BN3OSTe. The number of rotatable bonds is 4. The van der Waals surface area contributed by atoms with Gasteiger partial charge in [0.15, 0.2) is 0 Å². The van der Waals surface area contributed by atoms with Crippen molar-refractivity contribution in [1.29, 1.82) is 0 Å². The van der Waals surface area contributed by atoms with E-state index in [1.165, 1.54) is 46.4 Å². The first-order valence-electron chi connectivity index (χ1n) is 16.5. The molecular weight excluding hydrogens is 733 g/mol. The van der Waals surface area contributed by atoms with Gasteiger partial charge in [-0.3, -0.25) is 0 Å². The Kier molecular flexibility index (Phi) is 6.03. The zero-order chi connectivity index (χ0) is 32.1. The molecule has 5 heterocycles. The summed E-state index contributed by atoms with van der Waals surface area (Å²) in [5.41, 5.74) is 10.7.